The van der Waals surface area contributed by atoms with E-state index in [9.17, 15) is 14.7 Å². The van der Waals surface area contributed by atoms with Gasteiger partial charge in [0.2, 0.25) is 0 Å². The van der Waals surface area contributed by atoms with Crippen LogP contribution in [0.4, 0.5) is 0 Å². The van der Waals surface area contributed by atoms with E-state index in [1.807, 2.05) is 36.4 Å². The van der Waals surface area contributed by atoms with Gasteiger partial charge < -0.3 is 19.6 Å². The SMILES string of the molecule is CC(C)[C@@H]1CC[C@@H](C)C[C@H]1OC[C@H](O)C[NH+]1CC[NH+](CCN2C(=O)c3cccc4cccc(c34)C2=O)CC1. The van der Waals surface area contributed by atoms with E-state index in [4.69, 9.17) is 4.74 Å². The number of aliphatic hydroxyl groups excluding tert-OH is 1. The Morgan fingerprint density at radius 1 is 0.974 bits per heavy atom. The number of amides is 2. The van der Waals surface area contributed by atoms with Gasteiger partial charge in [-0.1, -0.05) is 51.5 Å². The summed E-state index contributed by atoms with van der Waals surface area (Å²) in [6.45, 7) is 13.1. The van der Waals surface area contributed by atoms with Gasteiger partial charge in [-0.15, -0.1) is 0 Å². The minimum atomic E-state index is -0.442. The maximum atomic E-state index is 13.2. The predicted molar refractivity (Wildman–Crippen MR) is 148 cm³/mol. The summed E-state index contributed by atoms with van der Waals surface area (Å²) in [5.74, 6) is 1.55. The third kappa shape index (κ3) is 5.81. The van der Waals surface area contributed by atoms with Crippen molar-refractivity contribution in [3.05, 3.63) is 47.5 Å². The van der Waals surface area contributed by atoms with E-state index >= 15 is 0 Å². The van der Waals surface area contributed by atoms with Crippen LogP contribution in [-0.2, 0) is 4.74 Å². The standard InChI is InChI=1S/C31H43N3O4/c1-21(2)25-11-10-22(3)18-28(25)38-20-24(35)19-33-14-12-32(13-15-33)16-17-34-30(36)26-8-4-6-23-7-5-9-27(29(23)26)31(34)37/h4-9,21-22,24-25,28,35H,10-20H2,1-3H3/p+2/t22-,24-,25+,28-/m1/s1. The van der Waals surface area contributed by atoms with Crippen LogP contribution in [0.2, 0.25) is 0 Å². The molecular formula is C31H45N3O4+2. The minimum Gasteiger partial charge on any atom is -0.385 e. The van der Waals surface area contributed by atoms with Crippen LogP contribution >= 0.6 is 0 Å². The van der Waals surface area contributed by atoms with Crippen LogP contribution in [0.15, 0.2) is 36.4 Å². The summed E-state index contributed by atoms with van der Waals surface area (Å²) < 4.78 is 6.29. The normalized spacial score (nSPS) is 28.8. The Bertz CT molecular complexity index is 1090. The monoisotopic (exact) mass is 523 g/mol. The van der Waals surface area contributed by atoms with Gasteiger partial charge in [0.15, 0.2) is 0 Å². The van der Waals surface area contributed by atoms with E-state index in [0.717, 1.165) is 49.9 Å². The third-order valence-corrected chi connectivity index (χ3v) is 9.20. The fourth-order valence-electron chi connectivity index (χ4n) is 6.90. The molecule has 7 heteroatoms. The van der Waals surface area contributed by atoms with E-state index in [-0.39, 0.29) is 17.9 Å². The number of hydrogen-bond donors (Lipinski definition) is 3. The van der Waals surface area contributed by atoms with Crippen molar-refractivity contribution >= 4 is 22.6 Å². The number of nitrogens with one attached hydrogen (secondary N) is 2. The molecule has 1 aliphatic carbocycles. The number of imide groups is 1. The van der Waals surface area contributed by atoms with Gasteiger partial charge in [-0.2, -0.15) is 0 Å². The summed E-state index contributed by atoms with van der Waals surface area (Å²) in [5, 5.41) is 12.4. The largest absolute Gasteiger partial charge is 0.385 e. The Morgan fingerprint density at radius 3 is 2.24 bits per heavy atom. The number of quaternary nitrogens is 2. The number of carbonyl (C=O) groups excluding carboxylic acids is 2. The molecular weight excluding hydrogens is 478 g/mol. The first kappa shape index (κ1) is 27.3. The van der Waals surface area contributed by atoms with Crippen molar-refractivity contribution in [1.82, 2.24) is 4.90 Å². The highest BCUT2D eigenvalue weighted by atomic mass is 16.5. The number of carbonyl (C=O) groups is 2. The van der Waals surface area contributed by atoms with Gasteiger partial charge in [-0.3, -0.25) is 14.5 Å². The second-order valence-electron chi connectivity index (χ2n) is 12.3. The molecule has 1 saturated heterocycles. The lowest BCUT2D eigenvalue weighted by molar-refractivity contribution is -1.01. The van der Waals surface area contributed by atoms with Gasteiger partial charge >= 0.3 is 0 Å². The van der Waals surface area contributed by atoms with Crippen LogP contribution in [0.25, 0.3) is 10.8 Å². The first-order valence-corrected chi connectivity index (χ1v) is 14.7. The van der Waals surface area contributed by atoms with Crippen LogP contribution in [-0.4, -0.2) is 86.4 Å². The molecule has 2 aliphatic heterocycles. The molecule has 4 atom stereocenters. The fourth-order valence-corrected chi connectivity index (χ4v) is 6.90. The molecule has 2 aromatic carbocycles. The van der Waals surface area contributed by atoms with Crippen molar-refractivity contribution in [3.8, 4) is 0 Å². The average molecular weight is 524 g/mol. The summed E-state index contributed by atoms with van der Waals surface area (Å²) in [5.41, 5.74) is 1.25. The number of nitrogens with zero attached hydrogens (tertiary/aromatic N) is 1. The number of benzene rings is 2. The van der Waals surface area contributed by atoms with E-state index in [0.29, 0.717) is 48.6 Å². The van der Waals surface area contributed by atoms with Crippen molar-refractivity contribution in [1.29, 1.82) is 0 Å². The number of ether oxygens (including phenoxy) is 1. The quantitative estimate of drug-likeness (QED) is 0.430. The molecule has 206 valence electrons. The van der Waals surface area contributed by atoms with Crippen LogP contribution in [0, 0.1) is 17.8 Å². The zero-order valence-corrected chi connectivity index (χ0v) is 23.2. The molecule has 0 spiro atoms. The Labute approximate surface area is 226 Å². The molecule has 2 fully saturated rings. The number of piperazine rings is 1. The highest BCUT2D eigenvalue weighted by Gasteiger charge is 2.35. The first-order valence-electron chi connectivity index (χ1n) is 14.7. The smallest absolute Gasteiger partial charge is 0.261 e. The number of aliphatic hydroxyl groups is 1. The van der Waals surface area contributed by atoms with Crippen molar-refractivity contribution in [2.24, 2.45) is 17.8 Å². The summed E-state index contributed by atoms with van der Waals surface area (Å²) in [4.78, 5) is 30.6. The molecule has 2 aromatic rings. The maximum Gasteiger partial charge on any atom is 0.261 e. The lowest BCUT2D eigenvalue weighted by Crippen LogP contribution is -3.28. The first-order chi connectivity index (χ1) is 18.3. The van der Waals surface area contributed by atoms with Gasteiger partial charge in [0, 0.05) is 16.5 Å². The van der Waals surface area contributed by atoms with Gasteiger partial charge in [-0.25, -0.2) is 0 Å². The van der Waals surface area contributed by atoms with Gasteiger partial charge in [0.05, 0.1) is 25.8 Å². The Morgan fingerprint density at radius 2 is 1.61 bits per heavy atom. The van der Waals surface area contributed by atoms with Crippen molar-refractivity contribution < 1.29 is 29.2 Å². The van der Waals surface area contributed by atoms with E-state index in [1.165, 1.54) is 27.5 Å². The maximum absolute atomic E-state index is 13.2. The second kappa shape index (κ2) is 11.8. The zero-order valence-electron chi connectivity index (χ0n) is 23.2. The van der Waals surface area contributed by atoms with Crippen LogP contribution < -0.4 is 9.80 Å². The van der Waals surface area contributed by atoms with E-state index in [1.54, 1.807) is 0 Å². The van der Waals surface area contributed by atoms with Crippen molar-refractivity contribution in [2.45, 2.75) is 52.2 Å². The molecule has 0 aromatic heterocycles. The third-order valence-electron chi connectivity index (χ3n) is 9.20. The van der Waals surface area contributed by atoms with Crippen LogP contribution in [0.5, 0.6) is 0 Å². The second-order valence-corrected chi connectivity index (χ2v) is 12.3. The molecule has 5 rings (SSSR count). The average Bonchev–Trinajstić information content (AvgIpc) is 2.91. The molecule has 2 amide bonds. The summed E-state index contributed by atoms with van der Waals surface area (Å²) >= 11 is 0. The molecule has 0 bridgehead atoms. The molecule has 3 aliphatic rings. The molecule has 0 unspecified atom stereocenters. The summed E-state index contributed by atoms with van der Waals surface area (Å²) in [6, 6.07) is 11.3. The Balaban J connectivity index is 1.07. The molecule has 2 heterocycles. The van der Waals surface area contributed by atoms with E-state index < -0.39 is 6.10 Å². The van der Waals surface area contributed by atoms with Gasteiger partial charge in [0.1, 0.15) is 38.8 Å². The molecule has 0 radical (unpaired) electrons. The topological polar surface area (TPSA) is 75.7 Å². The fraction of sp³-hybridized carbons (Fsp3) is 0.613. The van der Waals surface area contributed by atoms with Gasteiger partial charge in [0.25, 0.3) is 11.8 Å². The van der Waals surface area contributed by atoms with Crippen molar-refractivity contribution in [2.75, 3.05) is 52.4 Å². The Kier molecular flexibility index (Phi) is 8.48. The summed E-state index contributed by atoms with van der Waals surface area (Å²) in [7, 11) is 0. The molecule has 38 heavy (non-hydrogen) atoms. The Hall–Kier alpha value is -2.32. The van der Waals surface area contributed by atoms with Crippen LogP contribution in [0.1, 0.15) is 60.7 Å². The van der Waals surface area contributed by atoms with E-state index in [2.05, 4.69) is 20.8 Å². The lowest BCUT2D eigenvalue weighted by atomic mass is 9.75. The number of hydrogen-bond acceptors (Lipinski definition) is 4. The molecule has 7 nitrogen and oxygen atoms in total. The molecule has 1 saturated carbocycles. The lowest BCUT2D eigenvalue weighted by Gasteiger charge is -2.37. The van der Waals surface area contributed by atoms with Crippen molar-refractivity contribution in [3.63, 3.8) is 0 Å². The minimum absolute atomic E-state index is 0.182. The molecule has 3 N–H and O–H groups in total. The predicted octanol–water partition coefficient (Wildman–Crippen LogP) is 1.06. The highest BCUT2D eigenvalue weighted by Crippen LogP contribution is 2.35. The summed E-state index contributed by atoms with van der Waals surface area (Å²) in [6.07, 6.45) is 3.44. The highest BCUT2D eigenvalue weighted by molar-refractivity contribution is 6.25. The van der Waals surface area contributed by atoms with Crippen LogP contribution in [0.3, 0.4) is 0 Å². The van der Waals surface area contributed by atoms with Gasteiger partial charge in [-0.05, 0) is 48.1 Å². The zero-order chi connectivity index (χ0) is 26.8. The number of rotatable bonds is 9.